The van der Waals surface area contributed by atoms with E-state index in [1.165, 1.54) is 4.68 Å². The molecule has 3 aliphatic heterocycles. The Bertz CT molecular complexity index is 2150. The van der Waals surface area contributed by atoms with E-state index in [9.17, 15) is 14.4 Å². The van der Waals surface area contributed by atoms with Crippen molar-refractivity contribution in [3.63, 3.8) is 0 Å². The second kappa shape index (κ2) is 12.2. The van der Waals surface area contributed by atoms with E-state index < -0.39 is 28.8 Å². The lowest BCUT2D eigenvalue weighted by atomic mass is 9.91. The molecule has 53 heavy (non-hydrogen) atoms. The molecule has 1 N–H and O–H groups in total. The third-order valence-electron chi connectivity index (χ3n) is 10.5. The molecule has 2 amide bonds. The molecule has 14 nitrogen and oxygen atoms in total. The van der Waals surface area contributed by atoms with Crippen molar-refractivity contribution in [1.29, 1.82) is 0 Å². The molecule has 4 aliphatic rings. The van der Waals surface area contributed by atoms with Crippen molar-refractivity contribution in [3.8, 4) is 5.75 Å². The smallest absolute Gasteiger partial charge is 0.435 e. The average molecular weight is 724 g/mol. The van der Waals surface area contributed by atoms with E-state index >= 15 is 0 Å². The number of hydrogen-bond donors (Lipinski definition) is 1. The van der Waals surface area contributed by atoms with Gasteiger partial charge in [0.25, 0.3) is 0 Å². The van der Waals surface area contributed by atoms with Crippen LogP contribution < -0.4 is 19.9 Å². The molecule has 0 radical (unpaired) electrons. The van der Waals surface area contributed by atoms with Crippen LogP contribution in [0.4, 0.5) is 32.7 Å². The highest BCUT2D eigenvalue weighted by molar-refractivity contribution is 6.23. The molecule has 2 unspecified atom stereocenters. The van der Waals surface area contributed by atoms with Gasteiger partial charge in [-0.25, -0.2) is 24.5 Å². The van der Waals surface area contributed by atoms with E-state index in [2.05, 4.69) is 20.2 Å². The van der Waals surface area contributed by atoms with E-state index in [0.29, 0.717) is 59.2 Å². The highest BCUT2D eigenvalue weighted by Crippen LogP contribution is 2.67. The summed E-state index contributed by atoms with van der Waals surface area (Å²) in [4.78, 5) is 54.2. The number of imide groups is 1. The summed E-state index contributed by atoms with van der Waals surface area (Å²) in [6.45, 7) is 14.0. The Morgan fingerprint density at radius 3 is 2.30 bits per heavy atom. The van der Waals surface area contributed by atoms with Gasteiger partial charge in [0.2, 0.25) is 5.91 Å². The number of rotatable bonds is 5. The monoisotopic (exact) mass is 723 g/mol. The predicted octanol–water partition coefficient (Wildman–Crippen LogP) is 6.74. The standard InChI is InChI=1S/C39H45N7O7/c1-21-31(40-20-41-33(21)44-23-10-11-24(44)19-51-18-23)42-32-26-13-9-22(15-30(26)46(43-32)36(49)53-38(5,6)7)28-17-39(28)27-16-25(50-8)12-14-29(27)45(34(39)47)35(48)52-37(2,3)4/h9,12-16,20,23-24,28H,10-11,17-19H2,1-8H3,(H,40,41,42,43)/t23?,24?,28-,39-/m0/s1. The first-order valence-electron chi connectivity index (χ1n) is 18.1. The van der Waals surface area contributed by atoms with Crippen LogP contribution in [0.3, 0.4) is 0 Å². The summed E-state index contributed by atoms with van der Waals surface area (Å²) in [5.41, 5.74) is 0.762. The number of benzene rings is 2. The summed E-state index contributed by atoms with van der Waals surface area (Å²) in [6, 6.07) is 11.5. The number of carbonyl (C=O) groups is 3. The summed E-state index contributed by atoms with van der Waals surface area (Å²) in [7, 11) is 1.56. The van der Waals surface area contributed by atoms with Crippen molar-refractivity contribution in [2.75, 3.05) is 35.4 Å². The predicted molar refractivity (Wildman–Crippen MR) is 197 cm³/mol. The molecule has 2 aromatic carbocycles. The van der Waals surface area contributed by atoms with Crippen LogP contribution in [0.2, 0.25) is 0 Å². The molecule has 5 heterocycles. The van der Waals surface area contributed by atoms with Crippen molar-refractivity contribution in [3.05, 3.63) is 59.4 Å². The number of fused-ring (bicyclic) bond motifs is 5. The Balaban J connectivity index is 1.18. The van der Waals surface area contributed by atoms with Crippen LogP contribution >= 0.6 is 0 Å². The van der Waals surface area contributed by atoms with Crippen molar-refractivity contribution in [2.24, 2.45) is 0 Å². The average Bonchev–Trinajstić information content (AvgIpc) is 3.59. The summed E-state index contributed by atoms with van der Waals surface area (Å²) < 4.78 is 24.1. The Hall–Kier alpha value is -5.24. The minimum atomic E-state index is -1.01. The Morgan fingerprint density at radius 1 is 0.925 bits per heavy atom. The van der Waals surface area contributed by atoms with E-state index in [1.807, 2.05) is 31.2 Å². The van der Waals surface area contributed by atoms with E-state index in [-0.39, 0.29) is 23.9 Å². The SMILES string of the molecule is COc1ccc2c(c1)[C@]1(C[C@H]1c1ccc3c(Nc4ncnc(N5C6CCC5COC6)c4C)nn(C(=O)OC(C)(C)C)c3c1)C(=O)N2C(=O)OC(C)(C)C. The lowest BCUT2D eigenvalue weighted by Crippen LogP contribution is -2.46. The Morgan fingerprint density at radius 2 is 1.62 bits per heavy atom. The maximum Gasteiger partial charge on any atom is 0.435 e. The number of ether oxygens (including phenoxy) is 4. The molecule has 1 aliphatic carbocycles. The fraction of sp³-hybridized carbons (Fsp3) is 0.487. The van der Waals surface area contributed by atoms with Gasteiger partial charge in [0.1, 0.15) is 34.9 Å². The molecule has 1 spiro atoms. The first-order valence-corrected chi connectivity index (χ1v) is 18.1. The fourth-order valence-corrected chi connectivity index (χ4v) is 8.11. The summed E-state index contributed by atoms with van der Waals surface area (Å²) in [6.07, 6.45) is 2.73. The maximum absolute atomic E-state index is 14.3. The van der Waals surface area contributed by atoms with Gasteiger partial charge in [0.05, 0.1) is 49.0 Å². The van der Waals surface area contributed by atoms with Gasteiger partial charge < -0.3 is 29.2 Å². The fourth-order valence-electron chi connectivity index (χ4n) is 8.11. The van der Waals surface area contributed by atoms with E-state index in [4.69, 9.17) is 24.0 Å². The van der Waals surface area contributed by atoms with Crippen LogP contribution in [0.25, 0.3) is 10.9 Å². The van der Waals surface area contributed by atoms with Gasteiger partial charge in [0, 0.05) is 16.9 Å². The molecule has 1 saturated carbocycles. The Labute approximate surface area is 307 Å². The van der Waals surface area contributed by atoms with Gasteiger partial charge in [-0.3, -0.25) is 4.79 Å². The second-order valence-corrected chi connectivity index (χ2v) is 16.4. The maximum atomic E-state index is 14.3. The molecule has 2 aromatic heterocycles. The number of anilines is 4. The number of morpholine rings is 1. The topological polar surface area (TPSA) is 150 Å². The molecule has 4 aromatic rings. The molecule has 8 rings (SSSR count). The lowest BCUT2D eigenvalue weighted by Gasteiger charge is -2.36. The highest BCUT2D eigenvalue weighted by atomic mass is 16.6. The molecule has 4 atom stereocenters. The van der Waals surface area contributed by atoms with E-state index in [1.54, 1.807) is 67.1 Å². The number of methoxy groups -OCH3 is 1. The summed E-state index contributed by atoms with van der Waals surface area (Å²) in [5.74, 6) is 1.77. The van der Waals surface area contributed by atoms with Crippen LogP contribution in [0.15, 0.2) is 42.7 Å². The highest BCUT2D eigenvalue weighted by Gasteiger charge is 2.68. The van der Waals surface area contributed by atoms with Crippen LogP contribution in [-0.2, 0) is 24.4 Å². The molecular formula is C39H45N7O7. The van der Waals surface area contributed by atoms with Gasteiger partial charge in [-0.1, -0.05) is 6.07 Å². The normalized spacial score (nSPS) is 23.4. The number of hydrogen-bond acceptors (Lipinski definition) is 12. The number of carbonyl (C=O) groups excluding carboxylic acids is 3. The van der Waals surface area contributed by atoms with Gasteiger partial charge >= 0.3 is 12.2 Å². The number of nitrogens with one attached hydrogen (secondary N) is 1. The van der Waals surface area contributed by atoms with Crippen molar-refractivity contribution in [1.82, 2.24) is 19.7 Å². The van der Waals surface area contributed by atoms with Crippen molar-refractivity contribution in [2.45, 2.75) is 102 Å². The van der Waals surface area contributed by atoms with Gasteiger partial charge in [-0.2, -0.15) is 4.68 Å². The third-order valence-corrected chi connectivity index (χ3v) is 10.5. The largest absolute Gasteiger partial charge is 0.497 e. The van der Waals surface area contributed by atoms with Crippen molar-refractivity contribution < 1.29 is 33.3 Å². The van der Waals surface area contributed by atoms with E-state index in [0.717, 1.165) is 34.7 Å². The summed E-state index contributed by atoms with van der Waals surface area (Å²) >= 11 is 0. The molecule has 14 heteroatoms. The van der Waals surface area contributed by atoms with Crippen LogP contribution in [0.5, 0.6) is 5.75 Å². The molecule has 2 bridgehead atoms. The minimum absolute atomic E-state index is 0.266. The second-order valence-electron chi connectivity index (χ2n) is 16.4. The number of aromatic nitrogens is 4. The quantitative estimate of drug-likeness (QED) is 0.232. The first-order chi connectivity index (χ1) is 25.1. The van der Waals surface area contributed by atoms with Gasteiger partial charge in [-0.15, -0.1) is 5.10 Å². The zero-order valence-electron chi connectivity index (χ0n) is 31.4. The first kappa shape index (κ1) is 34.8. The molecule has 278 valence electrons. The van der Waals surface area contributed by atoms with Crippen LogP contribution in [0, 0.1) is 6.92 Å². The zero-order chi connectivity index (χ0) is 37.6. The minimum Gasteiger partial charge on any atom is -0.497 e. The summed E-state index contributed by atoms with van der Waals surface area (Å²) in [5, 5.41) is 8.78. The lowest BCUT2D eigenvalue weighted by molar-refractivity contribution is -0.120. The van der Waals surface area contributed by atoms with Crippen LogP contribution in [-0.4, -0.2) is 81.5 Å². The van der Waals surface area contributed by atoms with Crippen molar-refractivity contribution >= 4 is 52.1 Å². The van der Waals surface area contributed by atoms with Gasteiger partial charge in [-0.05, 0) is 109 Å². The Kier molecular flexibility index (Phi) is 7.99. The molecule has 2 saturated heterocycles. The molecule has 3 fully saturated rings. The number of amides is 2. The van der Waals surface area contributed by atoms with Gasteiger partial charge in [0.15, 0.2) is 5.82 Å². The number of nitrogens with zero attached hydrogens (tertiary/aromatic N) is 6. The van der Waals surface area contributed by atoms with Crippen LogP contribution in [0.1, 0.15) is 83.4 Å². The molecular weight excluding hydrogens is 678 g/mol. The zero-order valence-corrected chi connectivity index (χ0v) is 31.4. The third kappa shape index (κ3) is 5.83.